The van der Waals surface area contributed by atoms with Crippen LogP contribution in [0.2, 0.25) is 0 Å². The Labute approximate surface area is 226 Å². The van der Waals surface area contributed by atoms with Crippen LogP contribution in [-0.4, -0.2) is 76.0 Å². The van der Waals surface area contributed by atoms with Gasteiger partial charge >= 0.3 is 0 Å². The Morgan fingerprint density at radius 1 is 0.667 bits per heavy atom. The molecule has 8 N–H and O–H groups in total. The normalized spacial score (nSPS) is 12.6. The fraction of sp³-hybridized carbons (Fsp3) is 0.286. The Kier molecular flexibility index (Phi) is 9.34. The van der Waals surface area contributed by atoms with Gasteiger partial charge in [0.25, 0.3) is 23.6 Å². The molecule has 0 aliphatic carbocycles. The van der Waals surface area contributed by atoms with E-state index in [0.717, 1.165) is 10.3 Å². The molecule has 11 nitrogen and oxygen atoms in total. The Hall–Kier alpha value is -4.16. The lowest BCUT2D eigenvalue weighted by molar-refractivity contribution is 0.0887. The van der Waals surface area contributed by atoms with Gasteiger partial charge in [0.1, 0.15) is 0 Å². The molecule has 0 unspecified atom stereocenters. The molecule has 0 bridgehead atoms. The van der Waals surface area contributed by atoms with Gasteiger partial charge in [-0.1, -0.05) is 24.3 Å². The molecule has 0 saturated carbocycles. The predicted molar refractivity (Wildman–Crippen MR) is 150 cm³/mol. The Morgan fingerprint density at radius 3 is 1.62 bits per heavy atom. The van der Waals surface area contributed by atoms with Crippen LogP contribution < -0.4 is 37.6 Å². The number of hydrogen-bond acceptors (Lipinski definition) is 8. The zero-order valence-corrected chi connectivity index (χ0v) is 21.6. The standard InChI is InChI=1S/C28H33N7O4/c29-7-9-31-11-13-33-25(36)19-15-20(26(37)34-14-12-32-10-8-30)17-21(16-19)35-27(38)22-5-1-3-18-4-2-6-23(24(18)22)28(35)39/h1-6,15-17,31-32H,7-14,29-30H2,(H,33,36)(H,34,37). The molecule has 204 valence electrons. The molecule has 1 heterocycles. The van der Waals surface area contributed by atoms with Gasteiger partial charge in [-0.05, 0) is 35.7 Å². The van der Waals surface area contributed by atoms with Crippen molar-refractivity contribution in [2.75, 3.05) is 57.3 Å². The molecule has 0 atom stereocenters. The van der Waals surface area contributed by atoms with Crippen molar-refractivity contribution in [2.24, 2.45) is 11.5 Å². The summed E-state index contributed by atoms with van der Waals surface area (Å²) in [5, 5.41) is 13.1. The molecule has 0 aromatic heterocycles. The molecule has 3 aromatic rings. The summed E-state index contributed by atoms with van der Waals surface area (Å²) in [6.45, 7) is 3.86. The van der Waals surface area contributed by atoms with E-state index in [0.29, 0.717) is 68.9 Å². The van der Waals surface area contributed by atoms with Crippen molar-refractivity contribution >= 4 is 40.1 Å². The Balaban J connectivity index is 1.66. The fourth-order valence-corrected chi connectivity index (χ4v) is 4.45. The molecule has 0 spiro atoms. The third-order valence-electron chi connectivity index (χ3n) is 6.29. The summed E-state index contributed by atoms with van der Waals surface area (Å²) in [5.41, 5.74) is 12.1. The van der Waals surface area contributed by atoms with Crippen LogP contribution in [0.4, 0.5) is 5.69 Å². The number of nitrogens with two attached hydrogens (primary N) is 2. The van der Waals surface area contributed by atoms with Crippen molar-refractivity contribution in [3.05, 3.63) is 76.9 Å². The third kappa shape index (κ3) is 6.29. The van der Waals surface area contributed by atoms with Gasteiger partial charge in [-0.3, -0.25) is 19.2 Å². The predicted octanol–water partition coefficient (Wildman–Crippen LogP) is 0.197. The van der Waals surface area contributed by atoms with E-state index in [9.17, 15) is 19.2 Å². The number of rotatable bonds is 13. The molecule has 0 radical (unpaired) electrons. The zero-order valence-electron chi connectivity index (χ0n) is 21.6. The number of benzene rings is 3. The number of nitrogens with zero attached hydrogens (tertiary/aromatic N) is 1. The van der Waals surface area contributed by atoms with Crippen molar-refractivity contribution in [2.45, 2.75) is 0 Å². The quantitative estimate of drug-likeness (QED) is 0.134. The van der Waals surface area contributed by atoms with E-state index in [4.69, 9.17) is 11.5 Å². The highest BCUT2D eigenvalue weighted by Gasteiger charge is 2.34. The number of hydrogen-bond donors (Lipinski definition) is 6. The van der Waals surface area contributed by atoms with E-state index >= 15 is 0 Å². The highest BCUT2D eigenvalue weighted by atomic mass is 16.2. The van der Waals surface area contributed by atoms with Gasteiger partial charge in [0, 0.05) is 80.0 Å². The van der Waals surface area contributed by atoms with Crippen molar-refractivity contribution in [3.63, 3.8) is 0 Å². The second kappa shape index (κ2) is 13.1. The summed E-state index contributed by atoms with van der Waals surface area (Å²) in [6, 6.07) is 14.9. The minimum atomic E-state index is -0.523. The molecule has 4 rings (SSSR count). The summed E-state index contributed by atoms with van der Waals surface area (Å²) in [7, 11) is 0. The van der Waals surface area contributed by atoms with Crippen molar-refractivity contribution in [1.82, 2.24) is 21.3 Å². The van der Waals surface area contributed by atoms with Gasteiger partial charge in [0.05, 0.1) is 5.69 Å². The molecule has 0 saturated heterocycles. The van der Waals surface area contributed by atoms with Gasteiger partial charge in [-0.15, -0.1) is 0 Å². The SMILES string of the molecule is NCCNCCNC(=O)c1cc(C(=O)NCCNCCN)cc(N2C(=O)c3cccc4cccc(c34)C2=O)c1. The molecule has 4 amide bonds. The lowest BCUT2D eigenvalue weighted by Crippen LogP contribution is -2.41. The van der Waals surface area contributed by atoms with Crippen LogP contribution in [0.3, 0.4) is 0 Å². The van der Waals surface area contributed by atoms with Gasteiger partial charge in [-0.2, -0.15) is 0 Å². The number of carbonyl (C=O) groups excluding carboxylic acids is 4. The van der Waals surface area contributed by atoms with E-state index in [2.05, 4.69) is 21.3 Å². The average molecular weight is 532 g/mol. The summed E-state index contributed by atoms with van der Waals surface area (Å²) < 4.78 is 0. The van der Waals surface area contributed by atoms with Crippen molar-refractivity contribution in [1.29, 1.82) is 0 Å². The minimum Gasteiger partial charge on any atom is -0.351 e. The molecule has 1 aliphatic heterocycles. The number of imide groups is 1. The smallest absolute Gasteiger partial charge is 0.265 e. The third-order valence-corrected chi connectivity index (χ3v) is 6.29. The van der Waals surface area contributed by atoms with Crippen molar-refractivity contribution in [3.8, 4) is 0 Å². The van der Waals surface area contributed by atoms with Crippen LogP contribution in [-0.2, 0) is 0 Å². The fourth-order valence-electron chi connectivity index (χ4n) is 4.45. The highest BCUT2D eigenvalue weighted by Crippen LogP contribution is 2.33. The lowest BCUT2D eigenvalue weighted by atomic mass is 9.93. The summed E-state index contributed by atoms with van der Waals surface area (Å²) >= 11 is 0. The Bertz CT molecular complexity index is 1300. The highest BCUT2D eigenvalue weighted by molar-refractivity contribution is 6.36. The first kappa shape index (κ1) is 27.9. The summed E-state index contributed by atoms with van der Waals surface area (Å²) in [6.07, 6.45) is 0. The molecule has 39 heavy (non-hydrogen) atoms. The van der Waals surface area contributed by atoms with E-state index in [1.165, 1.54) is 18.2 Å². The molecular weight excluding hydrogens is 498 g/mol. The van der Waals surface area contributed by atoms with Crippen LogP contribution in [0, 0.1) is 0 Å². The zero-order chi connectivity index (χ0) is 27.8. The minimum absolute atomic E-state index is 0.136. The van der Waals surface area contributed by atoms with Crippen LogP contribution >= 0.6 is 0 Å². The molecule has 1 aliphatic rings. The second-order valence-electron chi connectivity index (χ2n) is 9.01. The van der Waals surface area contributed by atoms with Gasteiger partial charge in [-0.25, -0.2) is 4.90 Å². The lowest BCUT2D eigenvalue weighted by Gasteiger charge is -2.28. The van der Waals surface area contributed by atoms with Gasteiger partial charge < -0.3 is 32.7 Å². The largest absolute Gasteiger partial charge is 0.351 e. The maximum Gasteiger partial charge on any atom is 0.265 e. The first-order chi connectivity index (χ1) is 19.0. The molecular formula is C28H33N7O4. The topological polar surface area (TPSA) is 172 Å². The van der Waals surface area contributed by atoms with E-state index in [1.54, 1.807) is 24.3 Å². The first-order valence-corrected chi connectivity index (χ1v) is 12.9. The van der Waals surface area contributed by atoms with E-state index in [1.807, 2.05) is 12.1 Å². The van der Waals surface area contributed by atoms with Crippen LogP contribution in [0.5, 0.6) is 0 Å². The van der Waals surface area contributed by atoms with Crippen molar-refractivity contribution < 1.29 is 19.2 Å². The second-order valence-corrected chi connectivity index (χ2v) is 9.01. The number of carbonyl (C=O) groups is 4. The monoisotopic (exact) mass is 531 g/mol. The first-order valence-electron chi connectivity index (χ1n) is 12.9. The molecule has 11 heteroatoms. The van der Waals surface area contributed by atoms with Crippen LogP contribution in [0.1, 0.15) is 41.4 Å². The summed E-state index contributed by atoms with van der Waals surface area (Å²) in [5.74, 6) is -1.93. The van der Waals surface area contributed by atoms with Gasteiger partial charge in [0.2, 0.25) is 0 Å². The maximum absolute atomic E-state index is 13.6. The van der Waals surface area contributed by atoms with Crippen LogP contribution in [0.15, 0.2) is 54.6 Å². The number of amides is 4. The number of nitrogens with one attached hydrogen (secondary N) is 4. The molecule has 0 fully saturated rings. The van der Waals surface area contributed by atoms with Gasteiger partial charge in [0.15, 0.2) is 0 Å². The Morgan fingerprint density at radius 2 is 1.15 bits per heavy atom. The molecule has 3 aromatic carbocycles. The average Bonchev–Trinajstić information content (AvgIpc) is 2.95. The van der Waals surface area contributed by atoms with Crippen LogP contribution in [0.25, 0.3) is 10.8 Å². The van der Waals surface area contributed by atoms with E-state index < -0.39 is 23.6 Å². The number of anilines is 1. The maximum atomic E-state index is 13.6. The van der Waals surface area contributed by atoms with E-state index in [-0.39, 0.29) is 16.8 Å². The summed E-state index contributed by atoms with van der Waals surface area (Å²) in [4.78, 5) is 54.3.